The molecule has 284 valence electrons. The summed E-state index contributed by atoms with van der Waals surface area (Å²) in [5, 5.41) is 3.78. The van der Waals surface area contributed by atoms with Crippen molar-refractivity contribution >= 4 is 67.6 Å². The van der Waals surface area contributed by atoms with Crippen molar-refractivity contribution < 1.29 is 0 Å². The summed E-state index contributed by atoms with van der Waals surface area (Å²) in [6.45, 7) is 4.88. The Bertz CT molecular complexity index is 2860. The lowest BCUT2D eigenvalue weighted by Crippen LogP contribution is -2.39. The number of rotatable bonds is 8. The van der Waals surface area contributed by atoms with E-state index in [0.29, 0.717) is 12.1 Å². The molecule has 4 atom stereocenters. The minimum Gasteiger partial charge on any atom is -0.365 e. The summed E-state index contributed by atoms with van der Waals surface area (Å²) >= 11 is 0. The van der Waals surface area contributed by atoms with E-state index in [9.17, 15) is 0 Å². The minimum absolute atomic E-state index is 0.609. The number of hydrogen-bond acceptors (Lipinski definition) is 2. The largest absolute Gasteiger partial charge is 0.365 e. The van der Waals surface area contributed by atoms with E-state index in [1.165, 1.54) is 82.5 Å². The number of anilines is 4. The van der Waals surface area contributed by atoms with E-state index in [1.54, 1.807) is 0 Å². The first-order chi connectivity index (χ1) is 28.7. The Labute approximate surface area is 341 Å². The Kier molecular flexibility index (Phi) is 8.51. The Morgan fingerprint density at radius 1 is 0.552 bits per heavy atom. The van der Waals surface area contributed by atoms with Crippen LogP contribution in [0.2, 0.25) is 0 Å². The Balaban J connectivity index is 1.01. The van der Waals surface area contributed by atoms with Gasteiger partial charge in [-0.3, -0.25) is 0 Å². The van der Waals surface area contributed by atoms with Crippen LogP contribution in [-0.4, -0.2) is 21.2 Å². The first-order valence-electron chi connectivity index (χ1n) is 21.4. The van der Waals surface area contributed by atoms with Crippen LogP contribution in [-0.2, 0) is 0 Å². The van der Waals surface area contributed by atoms with Crippen molar-refractivity contribution in [2.24, 2.45) is 11.8 Å². The molecule has 4 heteroatoms. The predicted octanol–water partition coefficient (Wildman–Crippen LogP) is 14.2. The maximum atomic E-state index is 3.21. The average Bonchev–Trinajstić information content (AvgIpc) is 3.90. The van der Waals surface area contributed by atoms with Crippen molar-refractivity contribution in [2.75, 3.05) is 9.80 Å². The summed E-state index contributed by atoms with van der Waals surface area (Å²) in [5.74, 6) is 1.54. The SMILES string of the molecule is CCCC1C(C)C2CCCCC2N1c1ccc(N(c2ccc(-n3c4c(c5ccccc53)C=C=C=C4)cc2)c2ccc(-n3c4ccccc4c4ccccc43)cc2)cc1. The number of hydrogen-bond donors (Lipinski definition) is 0. The molecule has 4 unspecified atom stereocenters. The molecule has 6 aromatic carbocycles. The van der Waals surface area contributed by atoms with Crippen LogP contribution in [0.25, 0.3) is 56.2 Å². The molecule has 0 radical (unpaired) electrons. The summed E-state index contributed by atoms with van der Waals surface area (Å²) in [6, 6.07) is 55.1. The van der Waals surface area contributed by atoms with Crippen LogP contribution in [0.4, 0.5) is 22.7 Å². The molecule has 8 aromatic rings. The van der Waals surface area contributed by atoms with Gasteiger partial charge in [0.1, 0.15) is 0 Å². The third kappa shape index (κ3) is 5.52. The third-order valence-corrected chi connectivity index (χ3v) is 13.5. The number of nitrogens with zero attached hydrogens (tertiary/aromatic N) is 4. The van der Waals surface area contributed by atoms with E-state index in [4.69, 9.17) is 0 Å². The van der Waals surface area contributed by atoms with Gasteiger partial charge in [-0.25, -0.2) is 0 Å². The molecular weight excluding hydrogens is 705 g/mol. The second-order valence-electron chi connectivity index (χ2n) is 16.6. The van der Waals surface area contributed by atoms with Crippen LogP contribution in [0.15, 0.2) is 157 Å². The van der Waals surface area contributed by atoms with Gasteiger partial charge in [0, 0.05) is 74.0 Å². The van der Waals surface area contributed by atoms with Gasteiger partial charge in [-0.1, -0.05) is 99.2 Å². The molecule has 3 aliphatic rings. The topological polar surface area (TPSA) is 16.3 Å². The number of fused-ring (bicyclic) bond motifs is 7. The van der Waals surface area contributed by atoms with Crippen molar-refractivity contribution in [1.29, 1.82) is 0 Å². The summed E-state index contributed by atoms with van der Waals surface area (Å²) in [5.41, 5.74) is 19.4. The molecule has 1 saturated heterocycles. The standard InChI is InChI=1S/C54H48N4/c1-3-14-49-37(2)44-15-4-9-20-50(44)56(49)41-31-25-38(26-32-41)55(39-27-33-42(34-28-39)57-51-21-10-5-16-45(51)46-17-6-11-22-52(46)57)40-29-35-43(36-30-40)58-53-23-12-7-18-47(53)48-19-8-13-24-54(48)58/h5-7,10-12,16-19,21-37,44,49-50H,3-4,9,14-15,20H2,1-2H3. The van der Waals surface area contributed by atoms with Crippen molar-refractivity contribution in [2.45, 2.75) is 64.5 Å². The zero-order chi connectivity index (χ0) is 38.7. The number of aromatic nitrogens is 2. The molecule has 0 spiro atoms. The fourth-order valence-electron chi connectivity index (χ4n) is 11.0. The molecule has 1 aliphatic heterocycles. The van der Waals surface area contributed by atoms with Crippen LogP contribution < -0.4 is 9.80 Å². The maximum Gasteiger partial charge on any atom is 0.0631 e. The van der Waals surface area contributed by atoms with Gasteiger partial charge in [-0.05, 0) is 128 Å². The highest BCUT2D eigenvalue weighted by Crippen LogP contribution is 2.48. The lowest BCUT2D eigenvalue weighted by Gasteiger charge is -2.36. The van der Waals surface area contributed by atoms with E-state index >= 15 is 0 Å². The van der Waals surface area contributed by atoms with Gasteiger partial charge in [0.2, 0.25) is 0 Å². The molecule has 2 aromatic heterocycles. The van der Waals surface area contributed by atoms with Gasteiger partial charge in [0.15, 0.2) is 0 Å². The molecule has 11 rings (SSSR count). The van der Waals surface area contributed by atoms with E-state index in [1.807, 2.05) is 0 Å². The van der Waals surface area contributed by atoms with Crippen LogP contribution in [0.3, 0.4) is 0 Å². The van der Waals surface area contributed by atoms with Crippen molar-refractivity contribution in [1.82, 2.24) is 9.13 Å². The molecular formula is C54H48N4. The second-order valence-corrected chi connectivity index (χ2v) is 16.6. The van der Waals surface area contributed by atoms with Gasteiger partial charge < -0.3 is 18.9 Å². The van der Waals surface area contributed by atoms with Crippen molar-refractivity contribution in [3.63, 3.8) is 0 Å². The lowest BCUT2D eigenvalue weighted by atomic mass is 9.79. The summed E-state index contributed by atoms with van der Waals surface area (Å²) in [4.78, 5) is 5.25. The van der Waals surface area contributed by atoms with Gasteiger partial charge in [0.25, 0.3) is 0 Å². The molecule has 0 amide bonds. The molecule has 2 fully saturated rings. The van der Waals surface area contributed by atoms with Crippen LogP contribution in [0.1, 0.15) is 63.6 Å². The smallest absolute Gasteiger partial charge is 0.0631 e. The highest BCUT2D eigenvalue weighted by atomic mass is 15.2. The molecule has 3 heterocycles. The molecule has 0 N–H and O–H groups in total. The Hall–Kier alpha value is -6.44. The van der Waals surface area contributed by atoms with E-state index in [0.717, 1.165) is 46.0 Å². The van der Waals surface area contributed by atoms with Crippen molar-refractivity contribution in [3.05, 3.63) is 168 Å². The monoisotopic (exact) mass is 752 g/mol. The van der Waals surface area contributed by atoms with Crippen molar-refractivity contribution in [3.8, 4) is 11.4 Å². The number of para-hydroxylation sites is 3. The maximum absolute atomic E-state index is 3.21. The van der Waals surface area contributed by atoms with E-state index < -0.39 is 0 Å². The van der Waals surface area contributed by atoms with Crippen LogP contribution >= 0.6 is 0 Å². The zero-order valence-electron chi connectivity index (χ0n) is 33.4. The van der Waals surface area contributed by atoms with Gasteiger partial charge >= 0.3 is 0 Å². The summed E-state index contributed by atoms with van der Waals surface area (Å²) < 4.78 is 4.74. The number of benzene rings is 6. The van der Waals surface area contributed by atoms with Crippen LogP contribution in [0.5, 0.6) is 0 Å². The van der Waals surface area contributed by atoms with Crippen LogP contribution in [0, 0.1) is 11.8 Å². The Morgan fingerprint density at radius 3 is 1.66 bits per heavy atom. The molecule has 58 heavy (non-hydrogen) atoms. The normalized spacial score (nSPS) is 19.7. The van der Waals surface area contributed by atoms with Gasteiger partial charge in [-0.2, -0.15) is 0 Å². The highest BCUT2D eigenvalue weighted by Gasteiger charge is 2.46. The molecule has 0 bridgehead atoms. The quantitative estimate of drug-likeness (QED) is 0.144. The average molecular weight is 753 g/mol. The molecule has 4 nitrogen and oxygen atoms in total. The zero-order valence-corrected chi connectivity index (χ0v) is 33.4. The summed E-state index contributed by atoms with van der Waals surface area (Å²) in [6.07, 6.45) is 12.0. The first kappa shape index (κ1) is 34.8. The lowest BCUT2D eigenvalue weighted by molar-refractivity contribution is 0.282. The van der Waals surface area contributed by atoms with E-state index in [-0.39, 0.29) is 0 Å². The summed E-state index contributed by atoms with van der Waals surface area (Å²) in [7, 11) is 0. The highest BCUT2D eigenvalue weighted by molar-refractivity contribution is 6.09. The second kappa shape index (κ2) is 14.2. The van der Waals surface area contributed by atoms with Gasteiger partial charge in [0.05, 0.1) is 22.2 Å². The third-order valence-electron chi connectivity index (χ3n) is 13.5. The van der Waals surface area contributed by atoms with E-state index in [2.05, 4.69) is 202 Å². The minimum atomic E-state index is 0.609. The van der Waals surface area contributed by atoms with Gasteiger partial charge in [-0.15, -0.1) is 0 Å². The molecule has 2 aliphatic carbocycles. The fourth-order valence-corrected chi connectivity index (χ4v) is 11.0. The fraction of sp³-hybridized carbons (Fsp3) is 0.222. The predicted molar refractivity (Wildman–Crippen MR) is 244 cm³/mol. The molecule has 1 saturated carbocycles. The Morgan fingerprint density at radius 2 is 1.05 bits per heavy atom. The first-order valence-corrected chi connectivity index (χ1v) is 21.4.